The molecule has 2 N–H and O–H groups in total. The largest absolute Gasteiger partial charge is 0.418 e. The number of hydrogen-bond donors (Lipinski definition) is 2. The smallest absolute Gasteiger partial charge is 0.416 e. The van der Waals surface area contributed by atoms with E-state index in [-0.39, 0.29) is 0 Å². The van der Waals surface area contributed by atoms with Crippen molar-refractivity contribution in [2.24, 2.45) is 0 Å². The predicted molar refractivity (Wildman–Crippen MR) is 92.8 cm³/mol. The highest BCUT2D eigenvalue weighted by Gasteiger charge is 2.03. The first kappa shape index (κ1) is 16.1. The molecule has 0 spiro atoms. The number of H-pyrrole nitrogens is 2. The maximum Gasteiger partial charge on any atom is 0.416 e. The molecule has 0 saturated heterocycles. The van der Waals surface area contributed by atoms with Crippen LogP contribution in [0.5, 0.6) is 0 Å². The second kappa shape index (κ2) is 8.16. The number of aromatic amines is 2. The van der Waals surface area contributed by atoms with Crippen LogP contribution in [-0.2, 0) is 0 Å². The summed E-state index contributed by atoms with van der Waals surface area (Å²) < 4.78 is 4.81. The van der Waals surface area contributed by atoms with Crippen LogP contribution < -0.4 is 5.76 Å². The van der Waals surface area contributed by atoms with Crippen LogP contribution in [0, 0.1) is 0 Å². The van der Waals surface area contributed by atoms with Crippen molar-refractivity contribution in [2.45, 2.75) is 0 Å². The summed E-state index contributed by atoms with van der Waals surface area (Å²) in [6.45, 7) is 0. The highest BCUT2D eigenvalue weighted by Crippen LogP contribution is 2.17. The van der Waals surface area contributed by atoms with Crippen LogP contribution in [0.15, 0.2) is 83.1 Å². The second-order valence-corrected chi connectivity index (χ2v) is 4.68. The maximum absolute atomic E-state index is 11.3. The minimum Gasteiger partial charge on any atom is -0.418 e. The van der Waals surface area contributed by atoms with Gasteiger partial charge in [0.15, 0.2) is 5.65 Å². The number of nitrogens with zero attached hydrogens (tertiary/aromatic N) is 4. The molecule has 0 aliphatic heterocycles. The molecule has 3 rings (SSSR count). The monoisotopic (exact) mass is 334 g/mol. The number of rotatable bonds is 0. The average molecular weight is 334 g/mol. The van der Waals surface area contributed by atoms with Crippen LogP contribution in [0.3, 0.4) is 0 Å². The van der Waals surface area contributed by atoms with Crippen LogP contribution in [0.2, 0.25) is 0 Å². The van der Waals surface area contributed by atoms with E-state index in [1.807, 2.05) is 0 Å². The van der Waals surface area contributed by atoms with Gasteiger partial charge in [0, 0.05) is 36.4 Å². The quantitative estimate of drug-likeness (QED) is 0.653. The molecule has 3 aromatic rings. The zero-order valence-electron chi connectivity index (χ0n) is 13.0. The summed E-state index contributed by atoms with van der Waals surface area (Å²) in [7, 11) is 0. The lowest BCUT2D eigenvalue weighted by atomic mass is 10.3. The van der Waals surface area contributed by atoms with Gasteiger partial charge in [-0.15, -0.1) is 0 Å². The van der Waals surface area contributed by atoms with Crippen molar-refractivity contribution < 1.29 is 4.42 Å². The van der Waals surface area contributed by atoms with Crippen LogP contribution in [0.1, 0.15) is 0 Å². The lowest BCUT2D eigenvalue weighted by Gasteiger charge is -1.91. The topological polar surface area (TPSA) is 113 Å². The second-order valence-electron chi connectivity index (χ2n) is 4.68. The summed E-state index contributed by atoms with van der Waals surface area (Å²) in [5.74, 6) is -0.595. The van der Waals surface area contributed by atoms with Gasteiger partial charge in [0.1, 0.15) is 5.65 Å². The van der Waals surface area contributed by atoms with Crippen LogP contribution >= 0.6 is 0 Å². The molecule has 0 aliphatic carbocycles. The lowest BCUT2D eigenvalue weighted by Crippen LogP contribution is -1.96. The Labute approximate surface area is 141 Å². The van der Waals surface area contributed by atoms with E-state index in [1.54, 1.807) is 55.2 Å². The fourth-order valence-electron chi connectivity index (χ4n) is 1.96. The van der Waals surface area contributed by atoms with E-state index < -0.39 is 5.76 Å². The first-order chi connectivity index (χ1) is 12.3. The summed E-state index contributed by atoms with van der Waals surface area (Å²) in [6, 6.07) is 8.36. The van der Waals surface area contributed by atoms with Gasteiger partial charge in [0.05, 0.1) is 18.0 Å². The molecule has 124 valence electrons. The molecule has 0 unspecified atom stereocenters. The Kier molecular flexibility index (Phi) is 5.24. The number of hydrogen-bond acceptors (Lipinski definition) is 6. The molecule has 0 bridgehead atoms. The summed E-state index contributed by atoms with van der Waals surface area (Å²) in [6.07, 6.45) is 10.7. The molecule has 0 amide bonds. The molecule has 0 atom stereocenters. The Morgan fingerprint density at radius 1 is 0.880 bits per heavy atom. The zero-order valence-corrected chi connectivity index (χ0v) is 13.0. The number of nitrogens with one attached hydrogen (secondary N) is 2. The Bertz CT molecular complexity index is 1100. The van der Waals surface area contributed by atoms with Crippen molar-refractivity contribution in [3.63, 3.8) is 0 Å². The van der Waals surface area contributed by atoms with Crippen molar-refractivity contribution in [2.75, 3.05) is 0 Å². The molecule has 8 heteroatoms. The third kappa shape index (κ3) is 4.35. The first-order valence-electron chi connectivity index (χ1n) is 7.34. The van der Waals surface area contributed by atoms with Gasteiger partial charge in [0.25, 0.3) is 0 Å². The van der Waals surface area contributed by atoms with E-state index in [9.17, 15) is 4.79 Å². The van der Waals surface area contributed by atoms with Gasteiger partial charge in [-0.05, 0) is 18.2 Å². The normalized spacial score (nSPS) is 9.76. The van der Waals surface area contributed by atoms with Gasteiger partial charge in [0.2, 0.25) is 0 Å². The third-order valence-corrected chi connectivity index (χ3v) is 3.02. The third-order valence-electron chi connectivity index (χ3n) is 3.02. The molecule has 3 heterocycles. The predicted octanol–water partition coefficient (Wildman–Crippen LogP) is 2.56. The van der Waals surface area contributed by atoms with Crippen LogP contribution in [0.4, 0.5) is 0 Å². The molecule has 0 fully saturated rings. The SMILES string of the molecule is O=c1[nH]cccncc2cnc3nc[nH]c(ncccccco1)c23. The molecule has 0 radical (unpaired) electrons. The van der Waals surface area contributed by atoms with Crippen LogP contribution in [-0.4, -0.2) is 29.9 Å². The van der Waals surface area contributed by atoms with Gasteiger partial charge in [-0.1, -0.05) is 12.1 Å². The maximum atomic E-state index is 11.3. The van der Waals surface area contributed by atoms with Gasteiger partial charge in [-0.25, -0.2) is 19.7 Å². The highest BCUT2D eigenvalue weighted by molar-refractivity contribution is 6.03. The van der Waals surface area contributed by atoms with Crippen molar-refractivity contribution >= 4 is 22.1 Å². The average Bonchev–Trinajstić information content (AvgIpc) is 3.03. The van der Waals surface area contributed by atoms with Gasteiger partial charge < -0.3 is 9.40 Å². The van der Waals surface area contributed by atoms with E-state index in [0.29, 0.717) is 11.3 Å². The fourth-order valence-corrected chi connectivity index (χ4v) is 1.96. The molecule has 8 nitrogen and oxygen atoms in total. The first-order valence-corrected chi connectivity index (χ1v) is 7.34. The van der Waals surface area contributed by atoms with Gasteiger partial charge in [-0.3, -0.25) is 9.97 Å². The number of aromatic nitrogens is 6. The minimum absolute atomic E-state index is 0.584. The zero-order chi connectivity index (χ0) is 17.3. The van der Waals surface area contributed by atoms with Gasteiger partial charge >= 0.3 is 5.76 Å². The minimum atomic E-state index is -0.595. The molecule has 0 aliphatic rings. The Balaban J connectivity index is 2.25. The Hall–Kier alpha value is -3.81. The lowest BCUT2D eigenvalue weighted by molar-refractivity contribution is 0.491. The molecule has 0 saturated carbocycles. The van der Waals surface area contributed by atoms with Crippen molar-refractivity contribution in [1.29, 1.82) is 0 Å². The molecule has 3 aromatic heterocycles. The fraction of sp³-hybridized carbons (Fsp3) is 0. The van der Waals surface area contributed by atoms with E-state index in [1.165, 1.54) is 18.7 Å². The standard InChI is InChI=1S/C17H14N6O2/c24-17-20-8-5-6-18-10-13-11-21-16-14(13)15(22-12-23-16)19-7-3-1-2-4-9-25-17/h1-12H,(H,20,24)(H,19,22,23). The summed E-state index contributed by atoms with van der Waals surface area (Å²) in [5, 5.41) is 1.56. The van der Waals surface area contributed by atoms with E-state index in [0.717, 1.165) is 10.8 Å². The van der Waals surface area contributed by atoms with Crippen molar-refractivity contribution in [3.8, 4) is 0 Å². The highest BCUT2D eigenvalue weighted by atomic mass is 16.4. The van der Waals surface area contributed by atoms with E-state index >= 15 is 0 Å². The van der Waals surface area contributed by atoms with E-state index in [4.69, 9.17) is 4.42 Å². The Morgan fingerprint density at radius 3 is 2.76 bits per heavy atom. The molecular formula is C17H14N6O2. The van der Waals surface area contributed by atoms with Crippen molar-refractivity contribution in [1.82, 2.24) is 29.9 Å². The van der Waals surface area contributed by atoms with Crippen molar-refractivity contribution in [3.05, 3.63) is 84.5 Å². The molecule has 0 aromatic carbocycles. The summed E-state index contributed by atoms with van der Waals surface area (Å²) in [5.41, 5.74) is 1.22. The molecular weight excluding hydrogens is 320 g/mol. The Morgan fingerprint density at radius 2 is 1.80 bits per heavy atom. The van der Waals surface area contributed by atoms with Crippen LogP contribution in [0.25, 0.3) is 22.1 Å². The molecule has 25 heavy (non-hydrogen) atoms. The van der Waals surface area contributed by atoms with E-state index in [2.05, 4.69) is 29.9 Å². The summed E-state index contributed by atoms with van der Waals surface area (Å²) >= 11 is 0. The van der Waals surface area contributed by atoms with Gasteiger partial charge in [-0.2, -0.15) is 0 Å². The summed E-state index contributed by atoms with van der Waals surface area (Å²) in [4.78, 5) is 33.8.